The van der Waals surface area contributed by atoms with Crippen molar-refractivity contribution in [3.63, 3.8) is 0 Å². The van der Waals surface area contributed by atoms with Crippen molar-refractivity contribution >= 4 is 17.5 Å². The summed E-state index contributed by atoms with van der Waals surface area (Å²) in [7, 11) is 1.56. The van der Waals surface area contributed by atoms with Gasteiger partial charge in [-0.3, -0.25) is 9.59 Å². The first-order valence-corrected chi connectivity index (χ1v) is 11.2. The van der Waals surface area contributed by atoms with Gasteiger partial charge in [-0.15, -0.1) is 0 Å². The number of nitrogens with zero attached hydrogens (tertiary/aromatic N) is 1. The minimum atomic E-state index is -0.206. The van der Waals surface area contributed by atoms with Gasteiger partial charge in [0.1, 0.15) is 6.61 Å². The number of rotatable bonds is 8. The Hall–Kier alpha value is -3.80. The predicted molar refractivity (Wildman–Crippen MR) is 128 cm³/mol. The van der Waals surface area contributed by atoms with Gasteiger partial charge in [-0.2, -0.15) is 0 Å². The zero-order chi connectivity index (χ0) is 23.0. The van der Waals surface area contributed by atoms with Gasteiger partial charge in [-0.05, 0) is 54.3 Å². The molecule has 3 aromatic carbocycles. The van der Waals surface area contributed by atoms with E-state index in [9.17, 15) is 9.59 Å². The van der Waals surface area contributed by atoms with Crippen LogP contribution in [0.4, 0.5) is 5.69 Å². The maximum absolute atomic E-state index is 12.7. The van der Waals surface area contributed by atoms with Gasteiger partial charge in [0.2, 0.25) is 5.91 Å². The van der Waals surface area contributed by atoms with E-state index in [-0.39, 0.29) is 11.8 Å². The molecule has 170 valence electrons. The molecule has 0 unspecified atom stereocenters. The van der Waals surface area contributed by atoms with Crippen LogP contribution in [0.3, 0.4) is 0 Å². The number of nitrogens with one attached hydrogen (secondary N) is 1. The van der Waals surface area contributed by atoms with Crippen molar-refractivity contribution in [1.82, 2.24) is 5.32 Å². The molecule has 6 heteroatoms. The van der Waals surface area contributed by atoms with Crippen molar-refractivity contribution in [1.29, 1.82) is 0 Å². The molecular formula is C27H28N2O4. The standard InChI is InChI=1S/C27H28N2O4/c1-32-25-17-22(13-14-24(25)33-19-20-8-3-2-4-9-20)27(31)28-18-21-10-7-11-23(16-21)29-15-6-5-12-26(29)30/h2-4,7-11,13-14,16-17H,5-6,12,15,18-19H2,1H3,(H,28,31). The predicted octanol–water partition coefficient (Wildman–Crippen LogP) is 4.72. The molecule has 1 N–H and O–H groups in total. The Labute approximate surface area is 194 Å². The minimum absolute atomic E-state index is 0.157. The van der Waals surface area contributed by atoms with Gasteiger partial charge in [0.05, 0.1) is 7.11 Å². The van der Waals surface area contributed by atoms with E-state index in [4.69, 9.17) is 9.47 Å². The summed E-state index contributed by atoms with van der Waals surface area (Å²) in [6.07, 6.45) is 2.55. The first-order valence-electron chi connectivity index (χ1n) is 11.2. The molecule has 1 heterocycles. The summed E-state index contributed by atoms with van der Waals surface area (Å²) in [6, 6.07) is 22.8. The van der Waals surface area contributed by atoms with Crippen LogP contribution in [-0.2, 0) is 17.9 Å². The van der Waals surface area contributed by atoms with Crippen molar-refractivity contribution in [2.45, 2.75) is 32.4 Å². The van der Waals surface area contributed by atoms with Crippen LogP contribution in [0, 0.1) is 0 Å². The zero-order valence-corrected chi connectivity index (χ0v) is 18.8. The minimum Gasteiger partial charge on any atom is -0.493 e. The average Bonchev–Trinajstić information content (AvgIpc) is 2.87. The van der Waals surface area contributed by atoms with Gasteiger partial charge < -0.3 is 19.7 Å². The fraction of sp³-hybridized carbons (Fsp3) is 0.259. The molecule has 0 aliphatic carbocycles. The normalized spacial score (nSPS) is 13.5. The van der Waals surface area contributed by atoms with Crippen molar-refractivity contribution < 1.29 is 19.1 Å². The Morgan fingerprint density at radius 2 is 1.76 bits per heavy atom. The van der Waals surface area contributed by atoms with E-state index >= 15 is 0 Å². The van der Waals surface area contributed by atoms with Crippen LogP contribution in [0.1, 0.15) is 40.7 Å². The lowest BCUT2D eigenvalue weighted by Gasteiger charge is -2.27. The molecule has 0 atom stereocenters. The van der Waals surface area contributed by atoms with E-state index in [1.54, 1.807) is 25.3 Å². The molecule has 3 aromatic rings. The SMILES string of the molecule is COc1cc(C(=O)NCc2cccc(N3CCCCC3=O)c2)ccc1OCc1ccccc1. The highest BCUT2D eigenvalue weighted by molar-refractivity contribution is 5.95. The van der Waals surface area contributed by atoms with Gasteiger partial charge >= 0.3 is 0 Å². The fourth-order valence-electron chi connectivity index (χ4n) is 3.86. The third-order valence-corrected chi connectivity index (χ3v) is 5.66. The van der Waals surface area contributed by atoms with Crippen molar-refractivity contribution in [3.05, 3.63) is 89.5 Å². The molecule has 0 spiro atoms. The molecule has 2 amide bonds. The zero-order valence-electron chi connectivity index (χ0n) is 18.8. The van der Waals surface area contributed by atoms with Crippen LogP contribution in [0.2, 0.25) is 0 Å². The maximum atomic E-state index is 12.7. The third-order valence-electron chi connectivity index (χ3n) is 5.66. The number of ether oxygens (including phenoxy) is 2. The summed E-state index contributed by atoms with van der Waals surface area (Å²) in [5.41, 5.74) is 3.36. The lowest BCUT2D eigenvalue weighted by molar-refractivity contribution is -0.119. The number of carbonyl (C=O) groups is 2. The topological polar surface area (TPSA) is 67.9 Å². The van der Waals surface area contributed by atoms with Crippen LogP contribution in [0.15, 0.2) is 72.8 Å². The van der Waals surface area contributed by atoms with Crippen LogP contribution in [0.5, 0.6) is 11.5 Å². The van der Waals surface area contributed by atoms with Crippen LogP contribution in [0.25, 0.3) is 0 Å². The summed E-state index contributed by atoms with van der Waals surface area (Å²) >= 11 is 0. The first kappa shape index (κ1) is 22.4. The first-order chi connectivity index (χ1) is 16.1. The number of hydrogen-bond donors (Lipinski definition) is 1. The third kappa shape index (κ3) is 5.71. The van der Waals surface area contributed by atoms with E-state index in [0.29, 0.717) is 36.6 Å². The van der Waals surface area contributed by atoms with Gasteiger partial charge in [0, 0.05) is 30.8 Å². The second kappa shape index (κ2) is 10.7. The van der Waals surface area contributed by atoms with E-state index in [1.165, 1.54) is 0 Å². The quantitative estimate of drug-likeness (QED) is 0.546. The highest BCUT2D eigenvalue weighted by Gasteiger charge is 2.19. The molecule has 1 aliphatic heterocycles. The smallest absolute Gasteiger partial charge is 0.251 e. The maximum Gasteiger partial charge on any atom is 0.251 e. The average molecular weight is 445 g/mol. The molecule has 4 rings (SSSR count). The molecule has 1 saturated heterocycles. The number of hydrogen-bond acceptors (Lipinski definition) is 4. The number of piperidine rings is 1. The van der Waals surface area contributed by atoms with Gasteiger partial charge in [-0.1, -0.05) is 42.5 Å². The Morgan fingerprint density at radius 1 is 0.939 bits per heavy atom. The highest BCUT2D eigenvalue weighted by atomic mass is 16.5. The lowest BCUT2D eigenvalue weighted by atomic mass is 10.1. The van der Waals surface area contributed by atoms with Crippen molar-refractivity contribution in [2.24, 2.45) is 0 Å². The molecule has 0 saturated carbocycles. The number of anilines is 1. The summed E-state index contributed by atoms with van der Waals surface area (Å²) in [5.74, 6) is 1.03. The van der Waals surface area contributed by atoms with Crippen molar-refractivity contribution in [2.75, 3.05) is 18.6 Å². The van der Waals surface area contributed by atoms with Crippen LogP contribution < -0.4 is 19.7 Å². The fourth-order valence-corrected chi connectivity index (χ4v) is 3.86. The molecular weight excluding hydrogens is 416 g/mol. The molecule has 0 radical (unpaired) electrons. The van der Waals surface area contributed by atoms with Gasteiger partial charge in [0.15, 0.2) is 11.5 Å². The van der Waals surface area contributed by atoms with E-state index < -0.39 is 0 Å². The largest absolute Gasteiger partial charge is 0.493 e. The van der Waals surface area contributed by atoms with Crippen molar-refractivity contribution in [3.8, 4) is 11.5 Å². The van der Waals surface area contributed by atoms with Crippen LogP contribution >= 0.6 is 0 Å². The Balaban J connectivity index is 1.38. The monoisotopic (exact) mass is 444 g/mol. The van der Waals surface area contributed by atoms with Gasteiger partial charge in [0.25, 0.3) is 5.91 Å². The number of amides is 2. The number of carbonyl (C=O) groups excluding carboxylic acids is 2. The molecule has 6 nitrogen and oxygen atoms in total. The van der Waals surface area contributed by atoms with Crippen LogP contribution in [-0.4, -0.2) is 25.5 Å². The molecule has 1 aliphatic rings. The molecule has 0 bridgehead atoms. The lowest BCUT2D eigenvalue weighted by Crippen LogP contribution is -2.35. The second-order valence-corrected chi connectivity index (χ2v) is 7.99. The second-order valence-electron chi connectivity index (χ2n) is 7.99. The molecule has 33 heavy (non-hydrogen) atoms. The van der Waals surface area contributed by atoms with E-state index in [0.717, 1.165) is 36.2 Å². The summed E-state index contributed by atoms with van der Waals surface area (Å²) in [6.45, 7) is 1.52. The Kier molecular flexibility index (Phi) is 7.25. The van der Waals surface area contributed by atoms with E-state index in [2.05, 4.69) is 5.32 Å². The Bertz CT molecular complexity index is 1110. The van der Waals surface area contributed by atoms with E-state index in [1.807, 2.05) is 59.5 Å². The molecule has 1 fully saturated rings. The summed E-state index contributed by atoms with van der Waals surface area (Å²) < 4.78 is 11.3. The molecule has 0 aromatic heterocycles. The Morgan fingerprint density at radius 3 is 2.55 bits per heavy atom. The number of benzene rings is 3. The summed E-state index contributed by atoms with van der Waals surface area (Å²) in [4.78, 5) is 26.8. The van der Waals surface area contributed by atoms with Gasteiger partial charge in [-0.25, -0.2) is 0 Å². The summed E-state index contributed by atoms with van der Waals surface area (Å²) in [5, 5.41) is 2.95. The highest BCUT2D eigenvalue weighted by Crippen LogP contribution is 2.29. The number of methoxy groups -OCH3 is 1.